The fourth-order valence-corrected chi connectivity index (χ4v) is 5.21. The predicted octanol–water partition coefficient (Wildman–Crippen LogP) is 2.27. The van der Waals surface area contributed by atoms with E-state index in [2.05, 4.69) is 16.3 Å². The number of piperazine rings is 1. The van der Waals surface area contributed by atoms with Crippen molar-refractivity contribution in [1.29, 1.82) is 0 Å². The molecule has 2 heterocycles. The van der Waals surface area contributed by atoms with Crippen LogP contribution in [0.4, 0.5) is 0 Å². The van der Waals surface area contributed by atoms with Gasteiger partial charge in [0.25, 0.3) is 0 Å². The predicted molar refractivity (Wildman–Crippen MR) is 97.9 cm³/mol. The lowest BCUT2D eigenvalue weighted by Crippen LogP contribution is -2.48. The van der Waals surface area contributed by atoms with Gasteiger partial charge in [0, 0.05) is 43.7 Å². The Morgan fingerprint density at radius 2 is 1.84 bits per heavy atom. The molecule has 0 bridgehead atoms. The average Bonchev–Trinajstić information content (AvgIpc) is 3.14. The van der Waals surface area contributed by atoms with Crippen molar-refractivity contribution in [2.45, 2.75) is 11.4 Å². The molecule has 0 amide bonds. The van der Waals surface area contributed by atoms with Crippen LogP contribution in [0.25, 0.3) is 0 Å². The number of hydrogen-bond acceptors (Lipinski definition) is 6. The van der Waals surface area contributed by atoms with Crippen LogP contribution >= 0.6 is 11.3 Å². The summed E-state index contributed by atoms with van der Waals surface area (Å²) < 4.78 is 38.0. The summed E-state index contributed by atoms with van der Waals surface area (Å²) in [6.45, 7) is 3.23. The Hall–Kier alpha value is -1.61. The lowest BCUT2D eigenvalue weighted by atomic mass is 10.3. The molecule has 2 aromatic rings. The van der Waals surface area contributed by atoms with Crippen molar-refractivity contribution < 1.29 is 17.9 Å². The van der Waals surface area contributed by atoms with Gasteiger partial charge in [0.2, 0.25) is 10.0 Å². The second-order valence-corrected chi connectivity index (χ2v) is 8.71. The van der Waals surface area contributed by atoms with Gasteiger partial charge in [-0.1, -0.05) is 6.07 Å². The molecule has 136 valence electrons. The zero-order valence-corrected chi connectivity index (χ0v) is 16.0. The Kier molecular flexibility index (Phi) is 5.63. The molecular formula is C17H22N2O4S2. The van der Waals surface area contributed by atoms with Crippen LogP contribution in [0.15, 0.2) is 40.6 Å². The second kappa shape index (κ2) is 7.74. The van der Waals surface area contributed by atoms with Crippen molar-refractivity contribution in [2.75, 3.05) is 40.4 Å². The van der Waals surface area contributed by atoms with Crippen LogP contribution in [-0.4, -0.2) is 58.0 Å². The van der Waals surface area contributed by atoms with Crippen LogP contribution in [0.1, 0.15) is 4.88 Å². The fraction of sp³-hybridized carbons (Fsp3) is 0.412. The molecule has 0 unspecified atom stereocenters. The molecule has 8 heteroatoms. The van der Waals surface area contributed by atoms with E-state index >= 15 is 0 Å². The van der Waals surface area contributed by atoms with Crippen LogP contribution in [-0.2, 0) is 16.6 Å². The highest BCUT2D eigenvalue weighted by Gasteiger charge is 2.31. The van der Waals surface area contributed by atoms with Gasteiger partial charge in [-0.3, -0.25) is 4.90 Å². The van der Waals surface area contributed by atoms with E-state index in [9.17, 15) is 8.42 Å². The van der Waals surface area contributed by atoms with E-state index in [0.717, 1.165) is 6.54 Å². The van der Waals surface area contributed by atoms with Gasteiger partial charge in [-0.2, -0.15) is 4.31 Å². The summed E-state index contributed by atoms with van der Waals surface area (Å²) in [4.78, 5) is 3.73. The van der Waals surface area contributed by atoms with Crippen molar-refractivity contribution in [3.8, 4) is 11.5 Å². The van der Waals surface area contributed by atoms with Crippen LogP contribution < -0.4 is 9.47 Å². The first-order chi connectivity index (χ1) is 12.0. The maximum atomic E-state index is 13.0. The number of nitrogens with zero attached hydrogens (tertiary/aromatic N) is 2. The molecule has 0 N–H and O–H groups in total. The molecule has 1 aliphatic rings. The van der Waals surface area contributed by atoms with Crippen LogP contribution in [0.5, 0.6) is 11.5 Å². The maximum Gasteiger partial charge on any atom is 0.246 e. The highest BCUT2D eigenvalue weighted by Crippen LogP contribution is 2.31. The van der Waals surface area contributed by atoms with Gasteiger partial charge in [0.05, 0.1) is 14.2 Å². The maximum absolute atomic E-state index is 13.0. The minimum Gasteiger partial charge on any atom is -0.497 e. The molecule has 0 radical (unpaired) electrons. The van der Waals surface area contributed by atoms with Crippen LogP contribution in [0.2, 0.25) is 0 Å². The molecule has 1 aromatic carbocycles. The van der Waals surface area contributed by atoms with Gasteiger partial charge < -0.3 is 9.47 Å². The first kappa shape index (κ1) is 18.2. The molecule has 0 saturated carbocycles. The molecule has 3 rings (SSSR count). The number of rotatable bonds is 6. The third kappa shape index (κ3) is 3.98. The number of benzene rings is 1. The number of hydrogen-bond donors (Lipinski definition) is 0. The van der Waals surface area contributed by atoms with Crippen molar-refractivity contribution >= 4 is 21.4 Å². The monoisotopic (exact) mass is 382 g/mol. The smallest absolute Gasteiger partial charge is 0.246 e. The zero-order chi connectivity index (χ0) is 17.9. The molecule has 6 nitrogen and oxygen atoms in total. The van der Waals surface area contributed by atoms with E-state index < -0.39 is 10.0 Å². The van der Waals surface area contributed by atoms with Crippen molar-refractivity contribution in [1.82, 2.24) is 9.21 Å². The van der Waals surface area contributed by atoms with E-state index in [-0.39, 0.29) is 4.90 Å². The van der Waals surface area contributed by atoms with E-state index in [4.69, 9.17) is 9.47 Å². The number of ether oxygens (including phenoxy) is 2. The van der Waals surface area contributed by atoms with E-state index in [1.54, 1.807) is 23.5 Å². The average molecular weight is 383 g/mol. The Labute approximate surface area is 152 Å². The Morgan fingerprint density at radius 1 is 1.08 bits per heavy atom. The topological polar surface area (TPSA) is 59.1 Å². The molecule has 0 spiro atoms. The second-order valence-electron chi connectivity index (χ2n) is 5.78. The molecule has 1 aromatic heterocycles. The summed E-state index contributed by atoms with van der Waals surface area (Å²) >= 11 is 1.72. The van der Waals surface area contributed by atoms with Crippen LogP contribution in [0, 0.1) is 0 Å². The third-order valence-corrected chi connectivity index (χ3v) is 7.06. The van der Waals surface area contributed by atoms with Gasteiger partial charge >= 0.3 is 0 Å². The SMILES string of the molecule is COc1ccc(OC)c(S(=O)(=O)N2CCN(Cc3cccs3)CC2)c1. The standard InChI is InChI=1S/C17H22N2O4S2/c1-22-14-5-6-16(23-2)17(12-14)25(20,21)19-9-7-18(8-10-19)13-15-4-3-11-24-15/h3-6,11-12H,7-10,13H2,1-2H3. The molecule has 0 aliphatic carbocycles. The number of thiophene rings is 1. The summed E-state index contributed by atoms with van der Waals surface area (Å²) in [5.41, 5.74) is 0. The van der Waals surface area contributed by atoms with Crippen molar-refractivity contribution in [3.05, 3.63) is 40.6 Å². The lowest BCUT2D eigenvalue weighted by Gasteiger charge is -2.34. The minimum absolute atomic E-state index is 0.154. The van der Waals surface area contributed by atoms with Gasteiger partial charge in [0.1, 0.15) is 16.4 Å². The molecular weight excluding hydrogens is 360 g/mol. The fourth-order valence-electron chi connectivity index (χ4n) is 2.88. The Morgan fingerprint density at radius 3 is 2.44 bits per heavy atom. The first-order valence-corrected chi connectivity index (χ1v) is 10.3. The normalized spacial score (nSPS) is 16.7. The number of sulfonamides is 1. The molecule has 1 aliphatic heterocycles. The van der Waals surface area contributed by atoms with E-state index in [1.165, 1.54) is 29.5 Å². The van der Waals surface area contributed by atoms with Crippen molar-refractivity contribution in [2.24, 2.45) is 0 Å². The van der Waals surface area contributed by atoms with Crippen LogP contribution in [0.3, 0.4) is 0 Å². The first-order valence-electron chi connectivity index (χ1n) is 8.01. The van der Waals surface area contributed by atoms with Gasteiger partial charge in [-0.25, -0.2) is 8.42 Å². The summed E-state index contributed by atoms with van der Waals surface area (Å²) in [6.07, 6.45) is 0. The van der Waals surface area contributed by atoms with Gasteiger partial charge in [-0.15, -0.1) is 11.3 Å². The number of methoxy groups -OCH3 is 2. The molecule has 1 fully saturated rings. The quantitative estimate of drug-likeness (QED) is 0.767. The van der Waals surface area contributed by atoms with E-state index in [1.807, 2.05) is 6.07 Å². The van der Waals surface area contributed by atoms with E-state index in [0.29, 0.717) is 37.7 Å². The zero-order valence-electron chi connectivity index (χ0n) is 14.3. The van der Waals surface area contributed by atoms with Gasteiger partial charge in [0.15, 0.2) is 0 Å². The lowest BCUT2D eigenvalue weighted by molar-refractivity contribution is 0.182. The summed E-state index contributed by atoms with van der Waals surface area (Å²) in [5.74, 6) is 0.831. The largest absolute Gasteiger partial charge is 0.497 e. The van der Waals surface area contributed by atoms with Gasteiger partial charge in [-0.05, 0) is 23.6 Å². The summed E-state index contributed by atoms with van der Waals surface area (Å²) in [7, 11) is -0.631. The highest BCUT2D eigenvalue weighted by molar-refractivity contribution is 7.89. The van der Waals surface area contributed by atoms with Crippen molar-refractivity contribution in [3.63, 3.8) is 0 Å². The minimum atomic E-state index is -3.62. The molecule has 0 atom stereocenters. The Bertz CT molecular complexity index is 798. The Balaban J connectivity index is 1.73. The third-order valence-electron chi connectivity index (χ3n) is 4.28. The molecule has 1 saturated heterocycles. The summed E-state index contributed by atoms with van der Waals surface area (Å²) in [6, 6.07) is 8.98. The summed E-state index contributed by atoms with van der Waals surface area (Å²) in [5, 5.41) is 2.06. The molecule has 25 heavy (non-hydrogen) atoms. The highest BCUT2D eigenvalue weighted by atomic mass is 32.2.